The molecule has 1 aromatic rings. The maximum Gasteiger partial charge on any atom is 0.407 e. The molecule has 0 spiro atoms. The van der Waals surface area contributed by atoms with E-state index in [0.29, 0.717) is 19.5 Å². The molecule has 1 N–H and O–H groups in total. The van der Waals surface area contributed by atoms with Crippen molar-refractivity contribution < 1.29 is 19.1 Å². The number of ether oxygens (including phenoxy) is 2. The second-order valence-electron chi connectivity index (χ2n) is 5.71. The van der Waals surface area contributed by atoms with Gasteiger partial charge in [0.05, 0.1) is 13.5 Å². The molecule has 1 aliphatic heterocycles. The highest BCUT2D eigenvalue weighted by atomic mass is 16.5. The van der Waals surface area contributed by atoms with Gasteiger partial charge in [0.25, 0.3) is 0 Å². The molecule has 1 aromatic carbocycles. The van der Waals surface area contributed by atoms with Crippen LogP contribution in [-0.2, 0) is 16.0 Å². The Morgan fingerprint density at radius 3 is 2.54 bits per heavy atom. The van der Waals surface area contributed by atoms with Crippen molar-refractivity contribution in [3.63, 3.8) is 0 Å². The van der Waals surface area contributed by atoms with E-state index < -0.39 is 6.09 Å². The van der Waals surface area contributed by atoms with Gasteiger partial charge in [-0.15, -0.1) is 0 Å². The lowest BCUT2D eigenvalue weighted by Crippen LogP contribution is -2.47. The number of carbonyl (C=O) groups excluding carboxylic acids is 2. The summed E-state index contributed by atoms with van der Waals surface area (Å²) in [6.45, 7) is 4.98. The predicted molar refractivity (Wildman–Crippen MR) is 91.0 cm³/mol. The minimum Gasteiger partial charge on any atom is -0.497 e. The number of nitrogens with zero attached hydrogens (tertiary/aromatic N) is 1. The lowest BCUT2D eigenvalue weighted by Gasteiger charge is -2.32. The Balaban J connectivity index is 1.75. The minimum absolute atomic E-state index is 0.0485. The molecule has 2 amide bonds. The smallest absolute Gasteiger partial charge is 0.407 e. The average molecular weight is 332 g/mol. The van der Waals surface area contributed by atoms with Gasteiger partial charge in [0.1, 0.15) is 12.4 Å². The molecule has 6 nitrogen and oxygen atoms in total. The number of carbonyl (C=O) groups is 2. The Kier molecular flexibility index (Phi) is 6.66. The summed E-state index contributed by atoms with van der Waals surface area (Å²) >= 11 is 0. The maximum atomic E-state index is 12.4. The van der Waals surface area contributed by atoms with Gasteiger partial charge in [-0.05, 0) is 30.5 Å². The third-order valence-electron chi connectivity index (χ3n) is 4.02. The highest BCUT2D eigenvalue weighted by Crippen LogP contribution is 2.15. The molecular weight excluding hydrogens is 308 g/mol. The van der Waals surface area contributed by atoms with Crippen LogP contribution in [0.5, 0.6) is 5.75 Å². The second kappa shape index (κ2) is 8.96. The Morgan fingerprint density at radius 1 is 1.29 bits per heavy atom. The van der Waals surface area contributed by atoms with Crippen LogP contribution in [0.3, 0.4) is 0 Å². The lowest BCUT2D eigenvalue weighted by atomic mass is 10.0. The largest absolute Gasteiger partial charge is 0.497 e. The molecule has 0 saturated carbocycles. The van der Waals surface area contributed by atoms with Crippen LogP contribution < -0.4 is 10.1 Å². The summed E-state index contributed by atoms with van der Waals surface area (Å²) in [5.74, 6) is 0.884. The molecular formula is C18H24N2O4. The van der Waals surface area contributed by atoms with E-state index in [1.807, 2.05) is 29.2 Å². The first kappa shape index (κ1) is 17.8. The maximum absolute atomic E-state index is 12.4. The number of alkyl carbamates (subject to hydrolysis) is 1. The van der Waals surface area contributed by atoms with Crippen LogP contribution in [0.25, 0.3) is 0 Å². The number of benzene rings is 1. The van der Waals surface area contributed by atoms with Gasteiger partial charge in [0.2, 0.25) is 5.91 Å². The second-order valence-corrected chi connectivity index (χ2v) is 5.71. The van der Waals surface area contributed by atoms with Gasteiger partial charge in [0, 0.05) is 19.1 Å². The molecule has 0 atom stereocenters. The van der Waals surface area contributed by atoms with Crippen molar-refractivity contribution >= 4 is 12.0 Å². The molecule has 1 aliphatic rings. The molecule has 1 heterocycles. The molecule has 1 saturated heterocycles. The molecule has 0 radical (unpaired) electrons. The monoisotopic (exact) mass is 332 g/mol. The number of methoxy groups -OCH3 is 1. The number of piperidine rings is 1. The zero-order valence-electron chi connectivity index (χ0n) is 14.0. The van der Waals surface area contributed by atoms with Gasteiger partial charge in [-0.2, -0.15) is 0 Å². The van der Waals surface area contributed by atoms with Crippen molar-refractivity contribution in [1.29, 1.82) is 0 Å². The van der Waals surface area contributed by atoms with Crippen LogP contribution in [0, 0.1) is 0 Å². The molecule has 2 rings (SSSR count). The Labute approximate surface area is 142 Å². The summed E-state index contributed by atoms with van der Waals surface area (Å²) in [4.78, 5) is 25.7. The average Bonchev–Trinajstić information content (AvgIpc) is 2.61. The van der Waals surface area contributed by atoms with E-state index in [1.165, 1.54) is 6.08 Å². The van der Waals surface area contributed by atoms with Gasteiger partial charge in [-0.25, -0.2) is 4.79 Å². The predicted octanol–water partition coefficient (Wildman–Crippen LogP) is 2.14. The fourth-order valence-electron chi connectivity index (χ4n) is 2.65. The SMILES string of the molecule is C=CCOC(=O)NC1CCN(C(=O)Cc2ccc(OC)cc2)CC1. The van der Waals surface area contributed by atoms with E-state index in [2.05, 4.69) is 11.9 Å². The standard InChI is InChI=1S/C18H24N2O4/c1-3-12-24-18(22)19-15-8-10-20(11-9-15)17(21)13-14-4-6-16(23-2)7-5-14/h3-7,15H,1,8-13H2,2H3,(H,19,22). The van der Waals surface area contributed by atoms with Crippen molar-refractivity contribution in [1.82, 2.24) is 10.2 Å². The zero-order valence-corrected chi connectivity index (χ0v) is 14.0. The molecule has 0 aromatic heterocycles. The molecule has 0 unspecified atom stereocenters. The van der Waals surface area contributed by atoms with E-state index in [1.54, 1.807) is 7.11 Å². The summed E-state index contributed by atoms with van der Waals surface area (Å²) in [5, 5.41) is 2.81. The third kappa shape index (κ3) is 5.30. The topological polar surface area (TPSA) is 67.9 Å². The minimum atomic E-state index is -0.432. The van der Waals surface area contributed by atoms with E-state index in [-0.39, 0.29) is 18.6 Å². The number of nitrogens with one attached hydrogen (secondary N) is 1. The van der Waals surface area contributed by atoms with Crippen molar-refractivity contribution in [3.05, 3.63) is 42.5 Å². The summed E-state index contributed by atoms with van der Waals surface area (Å²) in [6.07, 6.45) is 2.94. The molecule has 130 valence electrons. The highest BCUT2D eigenvalue weighted by Gasteiger charge is 2.24. The first-order chi connectivity index (χ1) is 11.6. The van der Waals surface area contributed by atoms with E-state index in [4.69, 9.17) is 9.47 Å². The normalized spacial score (nSPS) is 14.8. The van der Waals surface area contributed by atoms with Gasteiger partial charge in [-0.3, -0.25) is 4.79 Å². The highest BCUT2D eigenvalue weighted by molar-refractivity contribution is 5.79. The first-order valence-electron chi connectivity index (χ1n) is 8.07. The quantitative estimate of drug-likeness (QED) is 0.811. The number of likely N-dealkylation sites (tertiary alicyclic amines) is 1. The third-order valence-corrected chi connectivity index (χ3v) is 4.02. The fraction of sp³-hybridized carbons (Fsp3) is 0.444. The summed E-state index contributed by atoms with van der Waals surface area (Å²) < 4.78 is 10.0. The molecule has 24 heavy (non-hydrogen) atoms. The van der Waals surface area contributed by atoms with E-state index in [0.717, 1.165) is 24.2 Å². The van der Waals surface area contributed by atoms with Crippen LogP contribution in [0.15, 0.2) is 36.9 Å². The summed E-state index contributed by atoms with van der Waals surface area (Å²) in [6, 6.07) is 7.56. The van der Waals surface area contributed by atoms with Crippen molar-refractivity contribution in [2.75, 3.05) is 26.8 Å². The van der Waals surface area contributed by atoms with Crippen LogP contribution in [0.2, 0.25) is 0 Å². The summed E-state index contributed by atoms with van der Waals surface area (Å²) in [7, 11) is 1.62. The van der Waals surface area contributed by atoms with Crippen molar-refractivity contribution in [3.8, 4) is 5.75 Å². The molecule has 0 aliphatic carbocycles. The zero-order chi connectivity index (χ0) is 17.4. The van der Waals surface area contributed by atoms with Crippen LogP contribution >= 0.6 is 0 Å². The number of hydrogen-bond acceptors (Lipinski definition) is 4. The molecule has 0 bridgehead atoms. The van der Waals surface area contributed by atoms with E-state index in [9.17, 15) is 9.59 Å². The fourth-order valence-corrected chi connectivity index (χ4v) is 2.65. The molecule has 6 heteroatoms. The van der Waals surface area contributed by atoms with Gasteiger partial charge >= 0.3 is 6.09 Å². The van der Waals surface area contributed by atoms with E-state index >= 15 is 0 Å². The van der Waals surface area contributed by atoms with Crippen LogP contribution in [0.1, 0.15) is 18.4 Å². The first-order valence-corrected chi connectivity index (χ1v) is 8.07. The van der Waals surface area contributed by atoms with Crippen molar-refractivity contribution in [2.24, 2.45) is 0 Å². The Morgan fingerprint density at radius 2 is 1.96 bits per heavy atom. The Hall–Kier alpha value is -2.50. The molecule has 1 fully saturated rings. The van der Waals surface area contributed by atoms with Crippen LogP contribution in [-0.4, -0.2) is 49.7 Å². The number of amides is 2. The number of rotatable bonds is 6. The lowest BCUT2D eigenvalue weighted by molar-refractivity contribution is -0.131. The Bertz CT molecular complexity index is 563. The van der Waals surface area contributed by atoms with Gasteiger partial charge < -0.3 is 19.7 Å². The van der Waals surface area contributed by atoms with Crippen molar-refractivity contribution in [2.45, 2.75) is 25.3 Å². The van der Waals surface area contributed by atoms with Gasteiger partial charge in [0.15, 0.2) is 0 Å². The number of hydrogen-bond donors (Lipinski definition) is 1. The summed E-state index contributed by atoms with van der Waals surface area (Å²) in [5.41, 5.74) is 0.967. The van der Waals surface area contributed by atoms with Gasteiger partial charge in [-0.1, -0.05) is 24.8 Å². The van der Waals surface area contributed by atoms with Crippen LogP contribution in [0.4, 0.5) is 4.79 Å².